The molecule has 0 amide bonds. The van der Waals surface area contributed by atoms with Gasteiger partial charge in [-0.1, -0.05) is 25.3 Å². The van der Waals surface area contributed by atoms with Crippen LogP contribution in [0.25, 0.3) is 0 Å². The molecule has 1 saturated heterocycles. The van der Waals surface area contributed by atoms with Crippen molar-refractivity contribution in [2.45, 2.75) is 63.5 Å². The molecule has 20 heavy (non-hydrogen) atoms. The van der Waals surface area contributed by atoms with Crippen LogP contribution < -0.4 is 5.32 Å². The minimum absolute atomic E-state index is 0.262. The number of nitrogens with zero attached hydrogens (tertiary/aromatic N) is 1. The molecule has 2 fully saturated rings. The molecule has 0 aromatic carbocycles. The highest BCUT2D eigenvalue weighted by Crippen LogP contribution is 2.37. The van der Waals surface area contributed by atoms with Crippen molar-refractivity contribution in [1.29, 1.82) is 0 Å². The lowest BCUT2D eigenvalue weighted by Crippen LogP contribution is -2.68. The van der Waals surface area contributed by atoms with E-state index in [-0.39, 0.29) is 5.54 Å². The zero-order chi connectivity index (χ0) is 14.1. The maximum absolute atomic E-state index is 3.80. The molecule has 0 bridgehead atoms. The van der Waals surface area contributed by atoms with Crippen molar-refractivity contribution in [3.63, 3.8) is 0 Å². The van der Waals surface area contributed by atoms with Gasteiger partial charge in [0.1, 0.15) is 0 Å². The molecule has 1 aliphatic carbocycles. The Kier molecular flexibility index (Phi) is 4.21. The van der Waals surface area contributed by atoms with Crippen LogP contribution in [0.15, 0.2) is 17.5 Å². The van der Waals surface area contributed by atoms with E-state index in [1.54, 1.807) is 0 Å². The van der Waals surface area contributed by atoms with Gasteiger partial charge in [0.15, 0.2) is 0 Å². The molecule has 1 saturated carbocycles. The van der Waals surface area contributed by atoms with E-state index in [2.05, 4.69) is 41.6 Å². The van der Waals surface area contributed by atoms with E-state index in [9.17, 15) is 0 Å². The maximum atomic E-state index is 3.80. The molecule has 2 aliphatic rings. The van der Waals surface area contributed by atoms with Gasteiger partial charge in [0, 0.05) is 35.6 Å². The third kappa shape index (κ3) is 3.10. The van der Waals surface area contributed by atoms with Gasteiger partial charge in [0.05, 0.1) is 0 Å². The van der Waals surface area contributed by atoms with Crippen molar-refractivity contribution >= 4 is 11.3 Å². The molecule has 1 N–H and O–H groups in total. The lowest BCUT2D eigenvalue weighted by Gasteiger charge is -2.54. The van der Waals surface area contributed by atoms with Crippen LogP contribution in [0.3, 0.4) is 0 Å². The largest absolute Gasteiger partial charge is 0.309 e. The van der Waals surface area contributed by atoms with Crippen LogP contribution in [-0.2, 0) is 6.42 Å². The summed E-state index contributed by atoms with van der Waals surface area (Å²) >= 11 is 1.90. The molecule has 1 aromatic heterocycles. The second-order valence-electron chi connectivity index (χ2n) is 7.27. The monoisotopic (exact) mass is 292 g/mol. The van der Waals surface area contributed by atoms with E-state index < -0.39 is 0 Å². The second kappa shape index (κ2) is 5.78. The van der Waals surface area contributed by atoms with Gasteiger partial charge in [-0.25, -0.2) is 0 Å². The molecule has 1 spiro atoms. The Labute approximate surface area is 127 Å². The summed E-state index contributed by atoms with van der Waals surface area (Å²) in [4.78, 5) is 4.36. The summed E-state index contributed by atoms with van der Waals surface area (Å²) in [5.74, 6) is 0. The van der Waals surface area contributed by atoms with E-state index in [1.807, 2.05) is 11.3 Å². The number of hydrogen-bond donors (Lipinski definition) is 1. The van der Waals surface area contributed by atoms with Gasteiger partial charge in [-0.05, 0) is 44.6 Å². The fraction of sp³-hybridized carbons (Fsp3) is 0.765. The molecule has 3 heteroatoms. The first kappa shape index (κ1) is 14.6. The molecule has 0 atom stereocenters. The first-order valence-corrected chi connectivity index (χ1v) is 9.00. The molecule has 2 heterocycles. The zero-order valence-corrected chi connectivity index (χ0v) is 13.8. The van der Waals surface area contributed by atoms with Crippen LogP contribution in [0.2, 0.25) is 0 Å². The Morgan fingerprint density at radius 3 is 2.75 bits per heavy atom. The normalized spacial score (nSPS) is 25.9. The number of piperazine rings is 1. The van der Waals surface area contributed by atoms with Crippen LogP contribution in [-0.4, -0.2) is 35.6 Å². The van der Waals surface area contributed by atoms with Gasteiger partial charge in [-0.3, -0.25) is 4.90 Å². The van der Waals surface area contributed by atoms with Crippen LogP contribution >= 0.6 is 11.3 Å². The van der Waals surface area contributed by atoms with Crippen molar-refractivity contribution in [1.82, 2.24) is 10.2 Å². The SMILES string of the molecule is CC1(C)CN(CCc2cccs2)C2(CCCCC2)CN1. The molecule has 0 radical (unpaired) electrons. The third-order valence-electron chi connectivity index (χ3n) is 5.15. The van der Waals surface area contributed by atoms with E-state index in [4.69, 9.17) is 0 Å². The van der Waals surface area contributed by atoms with E-state index in [0.29, 0.717) is 5.54 Å². The van der Waals surface area contributed by atoms with Crippen LogP contribution in [0.4, 0.5) is 0 Å². The molecule has 1 aliphatic heterocycles. The lowest BCUT2D eigenvalue weighted by molar-refractivity contribution is -0.00887. The highest BCUT2D eigenvalue weighted by Gasteiger charge is 2.44. The highest BCUT2D eigenvalue weighted by molar-refractivity contribution is 7.09. The summed E-state index contributed by atoms with van der Waals surface area (Å²) in [7, 11) is 0. The Morgan fingerprint density at radius 2 is 2.05 bits per heavy atom. The van der Waals surface area contributed by atoms with Gasteiger partial charge >= 0.3 is 0 Å². The standard InChI is InChI=1S/C17H28N2S/c1-16(2)14-19(11-8-15-7-6-12-20-15)17(13-18-16)9-4-3-5-10-17/h6-7,12,18H,3-5,8-11,13-14H2,1-2H3. The van der Waals surface area contributed by atoms with Crippen LogP contribution in [0.5, 0.6) is 0 Å². The number of hydrogen-bond acceptors (Lipinski definition) is 3. The summed E-state index contributed by atoms with van der Waals surface area (Å²) in [5.41, 5.74) is 0.711. The molecule has 0 unspecified atom stereocenters. The van der Waals surface area contributed by atoms with Crippen molar-refractivity contribution in [3.8, 4) is 0 Å². The number of rotatable bonds is 3. The number of thiophene rings is 1. The lowest BCUT2D eigenvalue weighted by atomic mass is 9.77. The first-order chi connectivity index (χ1) is 9.60. The van der Waals surface area contributed by atoms with Crippen molar-refractivity contribution in [2.24, 2.45) is 0 Å². The summed E-state index contributed by atoms with van der Waals surface area (Å²) in [6.45, 7) is 8.30. The molecule has 112 valence electrons. The minimum Gasteiger partial charge on any atom is -0.309 e. The predicted octanol–water partition coefficient (Wildman–Crippen LogP) is 3.68. The van der Waals surface area contributed by atoms with Crippen molar-refractivity contribution in [2.75, 3.05) is 19.6 Å². The zero-order valence-electron chi connectivity index (χ0n) is 13.0. The minimum atomic E-state index is 0.262. The van der Waals surface area contributed by atoms with Gasteiger partial charge in [-0.2, -0.15) is 0 Å². The quantitative estimate of drug-likeness (QED) is 0.914. The summed E-state index contributed by atoms with van der Waals surface area (Å²) in [6, 6.07) is 4.46. The topological polar surface area (TPSA) is 15.3 Å². The van der Waals surface area contributed by atoms with Gasteiger partial charge in [0.25, 0.3) is 0 Å². The molecule has 3 rings (SSSR count). The Bertz CT molecular complexity index is 418. The van der Waals surface area contributed by atoms with Gasteiger partial charge in [-0.15, -0.1) is 11.3 Å². The Balaban J connectivity index is 1.71. The van der Waals surface area contributed by atoms with Crippen LogP contribution in [0.1, 0.15) is 50.8 Å². The second-order valence-corrected chi connectivity index (χ2v) is 8.31. The summed E-state index contributed by atoms with van der Waals surface area (Å²) < 4.78 is 0. The summed E-state index contributed by atoms with van der Waals surface area (Å²) in [5, 5.41) is 6.00. The van der Waals surface area contributed by atoms with E-state index in [1.165, 1.54) is 63.0 Å². The smallest absolute Gasteiger partial charge is 0.0335 e. The fourth-order valence-electron chi connectivity index (χ4n) is 3.94. The average Bonchev–Trinajstić information content (AvgIpc) is 2.95. The predicted molar refractivity (Wildman–Crippen MR) is 87.5 cm³/mol. The Hall–Kier alpha value is -0.380. The number of nitrogens with one attached hydrogen (secondary N) is 1. The average molecular weight is 292 g/mol. The van der Waals surface area contributed by atoms with E-state index >= 15 is 0 Å². The highest BCUT2D eigenvalue weighted by atomic mass is 32.1. The van der Waals surface area contributed by atoms with Crippen molar-refractivity contribution < 1.29 is 0 Å². The maximum Gasteiger partial charge on any atom is 0.0335 e. The molecular formula is C17H28N2S. The molecule has 2 nitrogen and oxygen atoms in total. The fourth-order valence-corrected chi connectivity index (χ4v) is 4.63. The van der Waals surface area contributed by atoms with Gasteiger partial charge < -0.3 is 5.32 Å². The first-order valence-electron chi connectivity index (χ1n) is 8.12. The Morgan fingerprint density at radius 1 is 1.25 bits per heavy atom. The third-order valence-corrected chi connectivity index (χ3v) is 6.08. The van der Waals surface area contributed by atoms with Gasteiger partial charge in [0.2, 0.25) is 0 Å². The van der Waals surface area contributed by atoms with Crippen LogP contribution in [0, 0.1) is 0 Å². The molecule has 1 aromatic rings. The molecular weight excluding hydrogens is 264 g/mol. The summed E-state index contributed by atoms with van der Waals surface area (Å²) in [6.07, 6.45) is 8.26. The van der Waals surface area contributed by atoms with Crippen molar-refractivity contribution in [3.05, 3.63) is 22.4 Å². The van der Waals surface area contributed by atoms with E-state index in [0.717, 1.165) is 0 Å².